The van der Waals surface area contributed by atoms with Crippen molar-refractivity contribution in [3.63, 3.8) is 0 Å². The molecule has 0 atom stereocenters. The van der Waals surface area contributed by atoms with Crippen LogP contribution in [0.1, 0.15) is 31.4 Å². The first-order valence-corrected chi connectivity index (χ1v) is 8.45. The molecule has 0 aliphatic heterocycles. The molecule has 0 radical (unpaired) electrons. The molecule has 5 nitrogen and oxygen atoms in total. The normalized spacial score (nSPS) is 11.8. The number of hydrogen-bond acceptors (Lipinski definition) is 3. The minimum absolute atomic E-state index is 0.418. The summed E-state index contributed by atoms with van der Waals surface area (Å²) in [6.07, 6.45) is 2.23. The van der Waals surface area contributed by atoms with Crippen LogP contribution in [-0.2, 0) is 23.1 Å². The molecule has 0 heterocycles. The molecule has 0 aliphatic rings. The molecule has 0 unspecified atom stereocenters. The van der Waals surface area contributed by atoms with E-state index < -0.39 is 10.2 Å². The van der Waals surface area contributed by atoms with E-state index in [0.29, 0.717) is 19.5 Å². The lowest BCUT2D eigenvalue weighted by Gasteiger charge is -2.21. The highest BCUT2D eigenvalue weighted by atomic mass is 32.2. The molecule has 6 heteroatoms. The molecule has 1 aromatic carbocycles. The third-order valence-electron chi connectivity index (χ3n) is 3.32. The van der Waals surface area contributed by atoms with Gasteiger partial charge < -0.3 is 5.73 Å². The predicted molar refractivity (Wildman–Crippen MR) is 84.0 cm³/mol. The highest BCUT2D eigenvalue weighted by molar-refractivity contribution is 7.90. The van der Waals surface area contributed by atoms with Gasteiger partial charge in [0.2, 0.25) is 0 Å². The number of nitrogens with zero attached hydrogens (tertiary/aromatic N) is 1. The fourth-order valence-electron chi connectivity index (χ4n) is 2.01. The summed E-state index contributed by atoms with van der Waals surface area (Å²) < 4.78 is 28.7. The minimum atomic E-state index is -3.52. The van der Waals surface area contributed by atoms with E-state index in [2.05, 4.69) is 4.72 Å². The number of rotatable bonds is 8. The monoisotopic (exact) mass is 299 g/mol. The highest BCUT2D eigenvalue weighted by Crippen LogP contribution is 2.24. The lowest BCUT2D eigenvalue weighted by atomic mass is 10.0. The maximum Gasteiger partial charge on any atom is 0.301 e. The van der Waals surface area contributed by atoms with Crippen LogP contribution in [0.25, 0.3) is 0 Å². The average Bonchev–Trinajstić information content (AvgIpc) is 2.44. The van der Waals surface area contributed by atoms with E-state index in [1.54, 1.807) is 7.05 Å². The third-order valence-corrected chi connectivity index (χ3v) is 4.78. The first kappa shape index (κ1) is 16.9. The molecule has 1 aromatic rings. The first-order valence-electron chi connectivity index (χ1n) is 7.01. The molecule has 0 saturated heterocycles. The van der Waals surface area contributed by atoms with Crippen molar-refractivity contribution >= 4 is 15.9 Å². The molecule has 0 aliphatic carbocycles. The van der Waals surface area contributed by atoms with E-state index in [-0.39, 0.29) is 0 Å². The van der Waals surface area contributed by atoms with Crippen LogP contribution in [0.5, 0.6) is 0 Å². The van der Waals surface area contributed by atoms with Crippen molar-refractivity contribution in [2.75, 3.05) is 24.9 Å². The molecule has 1 rings (SSSR count). The third kappa shape index (κ3) is 4.19. The Balaban J connectivity index is 3.02. The first-order chi connectivity index (χ1) is 9.46. The molecule has 0 bridgehead atoms. The Morgan fingerprint density at radius 3 is 2.20 bits per heavy atom. The lowest BCUT2D eigenvalue weighted by Crippen LogP contribution is -2.34. The largest absolute Gasteiger partial charge is 0.330 e. The topological polar surface area (TPSA) is 75.4 Å². The van der Waals surface area contributed by atoms with Gasteiger partial charge in [-0.05, 0) is 36.9 Å². The number of nitrogens with two attached hydrogens (primary N) is 1. The van der Waals surface area contributed by atoms with E-state index >= 15 is 0 Å². The molecule has 0 aromatic heterocycles. The fourth-order valence-corrected chi connectivity index (χ4v) is 3.06. The van der Waals surface area contributed by atoms with Crippen LogP contribution < -0.4 is 10.5 Å². The standard InChI is InChI=1S/C14H25N3O2S/c1-4-12-8-6-9-13(5-2)14(12)16-20(18,19)17(3)11-7-10-15/h6,8-9,16H,4-5,7,10-11,15H2,1-3H3. The Hall–Kier alpha value is -1.11. The van der Waals surface area contributed by atoms with Crippen molar-refractivity contribution in [1.82, 2.24) is 4.31 Å². The van der Waals surface area contributed by atoms with E-state index in [0.717, 1.165) is 29.7 Å². The number of para-hydroxylation sites is 1. The van der Waals surface area contributed by atoms with Crippen LogP contribution in [0.2, 0.25) is 0 Å². The molecule has 0 fully saturated rings. The Morgan fingerprint density at radius 1 is 1.20 bits per heavy atom. The van der Waals surface area contributed by atoms with Gasteiger partial charge in [-0.1, -0.05) is 32.0 Å². The van der Waals surface area contributed by atoms with Crippen molar-refractivity contribution < 1.29 is 8.42 Å². The summed E-state index contributed by atoms with van der Waals surface area (Å²) in [5.74, 6) is 0. The van der Waals surface area contributed by atoms with Crippen LogP contribution in [0.15, 0.2) is 18.2 Å². The average molecular weight is 299 g/mol. The second kappa shape index (κ2) is 7.61. The zero-order valence-electron chi connectivity index (χ0n) is 12.5. The molecule has 0 amide bonds. The van der Waals surface area contributed by atoms with Crippen molar-refractivity contribution in [3.05, 3.63) is 29.3 Å². The van der Waals surface area contributed by atoms with Gasteiger partial charge in [-0.15, -0.1) is 0 Å². The Morgan fingerprint density at radius 2 is 1.75 bits per heavy atom. The SMILES string of the molecule is CCc1cccc(CC)c1NS(=O)(=O)N(C)CCCN. The van der Waals surface area contributed by atoms with Gasteiger partial charge in [-0.25, -0.2) is 0 Å². The van der Waals surface area contributed by atoms with Crippen LogP contribution in [0.4, 0.5) is 5.69 Å². The summed E-state index contributed by atoms with van der Waals surface area (Å²) in [7, 11) is -1.96. The second-order valence-corrected chi connectivity index (χ2v) is 6.51. The molecule has 3 N–H and O–H groups in total. The number of benzene rings is 1. The molecular formula is C14H25N3O2S. The summed E-state index contributed by atoms with van der Waals surface area (Å²) in [6, 6.07) is 5.88. The van der Waals surface area contributed by atoms with Gasteiger partial charge in [0.15, 0.2) is 0 Å². The zero-order chi connectivity index (χ0) is 15.2. The van der Waals surface area contributed by atoms with Gasteiger partial charge >= 0.3 is 10.2 Å². The zero-order valence-corrected chi connectivity index (χ0v) is 13.3. The summed E-state index contributed by atoms with van der Waals surface area (Å²) in [6.45, 7) is 4.93. The smallest absolute Gasteiger partial charge is 0.301 e. The van der Waals surface area contributed by atoms with Gasteiger partial charge in [0, 0.05) is 13.6 Å². The van der Waals surface area contributed by atoms with Crippen molar-refractivity contribution in [2.45, 2.75) is 33.1 Å². The molecular weight excluding hydrogens is 274 g/mol. The summed E-state index contributed by atoms with van der Waals surface area (Å²) in [4.78, 5) is 0. The molecule has 114 valence electrons. The van der Waals surface area contributed by atoms with Gasteiger partial charge in [0.25, 0.3) is 0 Å². The quantitative estimate of drug-likeness (QED) is 0.768. The van der Waals surface area contributed by atoms with Crippen LogP contribution >= 0.6 is 0 Å². The maximum atomic E-state index is 12.3. The van der Waals surface area contributed by atoms with E-state index in [1.165, 1.54) is 4.31 Å². The summed E-state index contributed by atoms with van der Waals surface area (Å²) >= 11 is 0. The number of aryl methyl sites for hydroxylation is 2. The number of anilines is 1. The predicted octanol–water partition coefficient (Wildman–Crippen LogP) is 1.75. The van der Waals surface area contributed by atoms with Crippen molar-refractivity contribution in [2.24, 2.45) is 5.73 Å². The molecule has 20 heavy (non-hydrogen) atoms. The fraction of sp³-hybridized carbons (Fsp3) is 0.571. The Bertz CT molecular complexity index is 507. The van der Waals surface area contributed by atoms with E-state index in [4.69, 9.17) is 5.73 Å². The van der Waals surface area contributed by atoms with Gasteiger partial charge in [0.05, 0.1) is 5.69 Å². The van der Waals surface area contributed by atoms with Crippen molar-refractivity contribution in [1.29, 1.82) is 0 Å². The van der Waals surface area contributed by atoms with Crippen LogP contribution in [0, 0.1) is 0 Å². The van der Waals surface area contributed by atoms with E-state index in [1.807, 2.05) is 32.0 Å². The van der Waals surface area contributed by atoms with Gasteiger partial charge in [-0.3, -0.25) is 4.72 Å². The second-order valence-electron chi connectivity index (χ2n) is 4.73. The number of hydrogen-bond donors (Lipinski definition) is 2. The van der Waals surface area contributed by atoms with Gasteiger partial charge in [0.1, 0.15) is 0 Å². The summed E-state index contributed by atoms with van der Waals surface area (Å²) in [5.41, 5.74) is 8.17. The van der Waals surface area contributed by atoms with E-state index in [9.17, 15) is 8.42 Å². The Labute approximate surface area is 122 Å². The lowest BCUT2D eigenvalue weighted by molar-refractivity contribution is 0.468. The highest BCUT2D eigenvalue weighted by Gasteiger charge is 2.19. The number of nitrogens with one attached hydrogen (secondary N) is 1. The minimum Gasteiger partial charge on any atom is -0.330 e. The van der Waals surface area contributed by atoms with Gasteiger partial charge in [-0.2, -0.15) is 12.7 Å². The maximum absolute atomic E-state index is 12.3. The van der Waals surface area contributed by atoms with Crippen LogP contribution in [0.3, 0.4) is 0 Å². The Kier molecular flexibility index (Phi) is 6.45. The summed E-state index contributed by atoms with van der Waals surface area (Å²) in [5, 5.41) is 0. The van der Waals surface area contributed by atoms with Crippen molar-refractivity contribution in [3.8, 4) is 0 Å². The molecule has 0 spiro atoms. The van der Waals surface area contributed by atoms with Crippen LogP contribution in [-0.4, -0.2) is 32.9 Å². The molecule has 0 saturated carbocycles.